The molecule has 3 heteroatoms. The van der Waals surface area contributed by atoms with E-state index in [1.165, 1.54) is 0 Å². The normalized spacial score (nSPS) is 11.8. The fraction of sp³-hybridized carbons (Fsp3) is 0.250. The van der Waals surface area contributed by atoms with E-state index in [0.717, 1.165) is 5.56 Å². The molecule has 1 unspecified atom stereocenters. The maximum atomic E-state index is 10.3. The molecule has 0 aliphatic heterocycles. The number of carboxylic acid groups (broad SMARTS) is 1. The lowest BCUT2D eigenvalue weighted by molar-refractivity contribution is -0.139. The Bertz CT molecular complexity index is 340. The van der Waals surface area contributed by atoms with Crippen LogP contribution in [0.4, 0.5) is 0 Å². The van der Waals surface area contributed by atoms with E-state index >= 15 is 0 Å². The van der Waals surface area contributed by atoms with Crippen LogP contribution >= 0.6 is 0 Å². The minimum atomic E-state index is -0.974. The number of aliphatic carboxylic acids is 1. The molecule has 0 aliphatic rings. The second-order valence-corrected chi connectivity index (χ2v) is 3.28. The Morgan fingerprint density at radius 2 is 2.13 bits per heavy atom. The number of allylic oxidation sites excluding steroid dienone is 1. The number of hydrogen-bond donors (Lipinski definition) is 1. The highest BCUT2D eigenvalue weighted by atomic mass is 16.5. The van der Waals surface area contributed by atoms with Crippen molar-refractivity contribution >= 4 is 5.97 Å². The molecule has 0 bridgehead atoms. The van der Waals surface area contributed by atoms with E-state index < -0.39 is 5.97 Å². The Kier molecular flexibility index (Phi) is 3.92. The van der Waals surface area contributed by atoms with Gasteiger partial charge in [-0.1, -0.05) is 25.1 Å². The van der Waals surface area contributed by atoms with E-state index in [1.54, 1.807) is 12.1 Å². The molecular formula is C12H14O3. The van der Waals surface area contributed by atoms with Crippen LogP contribution in [0.2, 0.25) is 0 Å². The molecule has 0 amide bonds. The van der Waals surface area contributed by atoms with Gasteiger partial charge in [0, 0.05) is 0 Å². The molecule has 80 valence electrons. The molecule has 0 heterocycles. The summed E-state index contributed by atoms with van der Waals surface area (Å²) >= 11 is 0. The Morgan fingerprint density at radius 3 is 2.60 bits per heavy atom. The highest BCUT2D eigenvalue weighted by molar-refractivity contribution is 5.68. The predicted octanol–water partition coefficient (Wildman–Crippen LogP) is 2.44. The lowest BCUT2D eigenvalue weighted by Gasteiger charge is -2.07. The van der Waals surface area contributed by atoms with Gasteiger partial charge in [-0.25, -0.2) is 4.79 Å². The van der Waals surface area contributed by atoms with E-state index in [0.29, 0.717) is 11.7 Å². The molecule has 0 fully saturated rings. The van der Waals surface area contributed by atoms with Gasteiger partial charge < -0.3 is 9.84 Å². The van der Waals surface area contributed by atoms with Crippen LogP contribution in [0, 0.1) is 0 Å². The van der Waals surface area contributed by atoms with Crippen LogP contribution in [0.5, 0.6) is 5.75 Å². The summed E-state index contributed by atoms with van der Waals surface area (Å²) in [6.07, 6.45) is 1.85. The zero-order chi connectivity index (χ0) is 11.3. The third kappa shape index (κ3) is 3.46. The van der Waals surface area contributed by atoms with E-state index in [9.17, 15) is 4.79 Å². The quantitative estimate of drug-likeness (QED) is 0.752. The molecule has 0 spiro atoms. The van der Waals surface area contributed by atoms with Crippen LogP contribution in [-0.2, 0) is 4.79 Å². The van der Waals surface area contributed by atoms with Crippen molar-refractivity contribution in [2.24, 2.45) is 0 Å². The van der Waals surface area contributed by atoms with Crippen molar-refractivity contribution in [3.05, 3.63) is 42.5 Å². The molecule has 1 N–H and O–H groups in total. The molecule has 1 aromatic carbocycles. The molecule has 0 radical (unpaired) electrons. The lowest BCUT2D eigenvalue weighted by Crippen LogP contribution is -2.09. The van der Waals surface area contributed by atoms with Gasteiger partial charge in [-0.15, -0.1) is 6.58 Å². The van der Waals surface area contributed by atoms with Crippen molar-refractivity contribution in [1.29, 1.82) is 0 Å². The Morgan fingerprint density at radius 1 is 1.53 bits per heavy atom. The molecule has 0 aliphatic carbocycles. The van der Waals surface area contributed by atoms with Gasteiger partial charge in [-0.05, 0) is 23.6 Å². The average molecular weight is 206 g/mol. The third-order valence-electron chi connectivity index (χ3n) is 2.12. The van der Waals surface area contributed by atoms with Gasteiger partial charge in [0.1, 0.15) is 5.75 Å². The first-order valence-corrected chi connectivity index (χ1v) is 4.70. The first-order chi connectivity index (χ1) is 7.13. The maximum absolute atomic E-state index is 10.3. The van der Waals surface area contributed by atoms with E-state index in [4.69, 9.17) is 9.84 Å². The summed E-state index contributed by atoms with van der Waals surface area (Å²) in [5, 5.41) is 8.42. The SMILES string of the molecule is C=CC(C)c1ccc(OCC(=O)O)cc1. The molecular weight excluding hydrogens is 192 g/mol. The fourth-order valence-corrected chi connectivity index (χ4v) is 1.15. The number of carboxylic acids is 1. The van der Waals surface area contributed by atoms with E-state index in [-0.39, 0.29) is 6.61 Å². The summed E-state index contributed by atoms with van der Waals surface area (Å²) in [5.74, 6) is -0.116. The van der Waals surface area contributed by atoms with Crippen molar-refractivity contribution < 1.29 is 14.6 Å². The second kappa shape index (κ2) is 5.20. The molecule has 1 aromatic rings. The zero-order valence-electron chi connectivity index (χ0n) is 8.64. The third-order valence-corrected chi connectivity index (χ3v) is 2.12. The Labute approximate surface area is 89.0 Å². The Balaban J connectivity index is 2.63. The van der Waals surface area contributed by atoms with Gasteiger partial charge in [0.2, 0.25) is 0 Å². The number of rotatable bonds is 5. The number of carbonyl (C=O) groups is 1. The van der Waals surface area contributed by atoms with Gasteiger partial charge in [-0.3, -0.25) is 0 Å². The molecule has 0 saturated heterocycles. The van der Waals surface area contributed by atoms with Gasteiger partial charge in [-0.2, -0.15) is 0 Å². The number of ether oxygens (including phenoxy) is 1. The van der Waals surface area contributed by atoms with Crippen molar-refractivity contribution in [1.82, 2.24) is 0 Å². The van der Waals surface area contributed by atoms with Gasteiger partial charge in [0.05, 0.1) is 0 Å². The van der Waals surface area contributed by atoms with Crippen LogP contribution in [0.15, 0.2) is 36.9 Å². The van der Waals surface area contributed by atoms with Crippen LogP contribution < -0.4 is 4.74 Å². The Hall–Kier alpha value is -1.77. The van der Waals surface area contributed by atoms with Crippen molar-refractivity contribution in [3.63, 3.8) is 0 Å². The fourth-order valence-electron chi connectivity index (χ4n) is 1.15. The van der Waals surface area contributed by atoms with Gasteiger partial charge in [0.25, 0.3) is 0 Å². The largest absolute Gasteiger partial charge is 0.482 e. The predicted molar refractivity (Wildman–Crippen MR) is 58.2 cm³/mol. The highest BCUT2D eigenvalue weighted by Gasteiger charge is 2.02. The molecule has 3 nitrogen and oxygen atoms in total. The standard InChI is InChI=1S/C12H14O3/c1-3-9(2)10-4-6-11(7-5-10)15-8-12(13)14/h3-7,9H,1,8H2,2H3,(H,13,14). The van der Waals surface area contributed by atoms with Crippen molar-refractivity contribution in [2.75, 3.05) is 6.61 Å². The molecule has 0 aromatic heterocycles. The first kappa shape index (κ1) is 11.3. The van der Waals surface area contributed by atoms with Crippen LogP contribution in [0.25, 0.3) is 0 Å². The molecule has 1 atom stereocenters. The zero-order valence-corrected chi connectivity index (χ0v) is 8.64. The van der Waals surface area contributed by atoms with Gasteiger partial charge >= 0.3 is 5.97 Å². The smallest absolute Gasteiger partial charge is 0.341 e. The van der Waals surface area contributed by atoms with Crippen LogP contribution in [0.3, 0.4) is 0 Å². The average Bonchev–Trinajstić information content (AvgIpc) is 2.26. The first-order valence-electron chi connectivity index (χ1n) is 4.70. The van der Waals surface area contributed by atoms with Crippen molar-refractivity contribution in [3.8, 4) is 5.75 Å². The molecule has 1 rings (SSSR count). The molecule has 0 saturated carbocycles. The minimum Gasteiger partial charge on any atom is -0.482 e. The van der Waals surface area contributed by atoms with E-state index in [1.807, 2.05) is 25.1 Å². The number of benzene rings is 1. The topological polar surface area (TPSA) is 46.5 Å². The minimum absolute atomic E-state index is 0.290. The van der Waals surface area contributed by atoms with Gasteiger partial charge in [0.15, 0.2) is 6.61 Å². The van der Waals surface area contributed by atoms with Crippen LogP contribution in [0.1, 0.15) is 18.4 Å². The summed E-state index contributed by atoms with van der Waals surface area (Å²) in [6, 6.07) is 7.34. The number of hydrogen-bond acceptors (Lipinski definition) is 2. The monoisotopic (exact) mass is 206 g/mol. The molecule has 15 heavy (non-hydrogen) atoms. The summed E-state index contributed by atoms with van der Waals surface area (Å²) in [7, 11) is 0. The van der Waals surface area contributed by atoms with Crippen molar-refractivity contribution in [2.45, 2.75) is 12.8 Å². The van der Waals surface area contributed by atoms with E-state index in [2.05, 4.69) is 6.58 Å². The lowest BCUT2D eigenvalue weighted by atomic mass is 10.0. The summed E-state index contributed by atoms with van der Waals surface area (Å²) in [6.45, 7) is 5.44. The second-order valence-electron chi connectivity index (χ2n) is 3.28. The highest BCUT2D eigenvalue weighted by Crippen LogP contribution is 2.19. The summed E-state index contributed by atoms with van der Waals surface area (Å²) in [5.41, 5.74) is 1.13. The summed E-state index contributed by atoms with van der Waals surface area (Å²) < 4.78 is 5.01. The summed E-state index contributed by atoms with van der Waals surface area (Å²) in [4.78, 5) is 10.3. The van der Waals surface area contributed by atoms with Crippen LogP contribution in [-0.4, -0.2) is 17.7 Å². The maximum Gasteiger partial charge on any atom is 0.341 e.